The topological polar surface area (TPSA) is 76.1 Å². The molecule has 2 saturated heterocycles. The molecule has 8 nitrogen and oxygen atoms in total. The van der Waals surface area contributed by atoms with E-state index in [1.807, 2.05) is 29.3 Å². The summed E-state index contributed by atoms with van der Waals surface area (Å²) in [6.45, 7) is 9.15. The quantitative estimate of drug-likeness (QED) is 0.316. The second kappa shape index (κ2) is 12.9. The molecule has 9 heteroatoms. The number of likely N-dealkylation sites (N-methyl/N-ethyl adjacent to an activating group) is 1. The number of carbonyl (C=O) groups is 1. The van der Waals surface area contributed by atoms with E-state index in [1.165, 1.54) is 19.4 Å². The van der Waals surface area contributed by atoms with Crippen molar-refractivity contribution in [1.82, 2.24) is 25.4 Å². The van der Waals surface area contributed by atoms with Crippen LogP contribution in [-0.2, 0) is 4.79 Å². The Labute approximate surface area is 197 Å². The number of nitrogens with zero attached hydrogens (tertiary/aromatic N) is 5. The lowest BCUT2D eigenvalue weighted by atomic mass is 10.2. The molecule has 1 atom stereocenters. The van der Waals surface area contributed by atoms with Crippen LogP contribution in [0.5, 0.6) is 0 Å². The molecular weight excluding hydrogens is 493 g/mol. The average molecular weight is 529 g/mol. The highest BCUT2D eigenvalue weighted by molar-refractivity contribution is 14.0. The lowest BCUT2D eigenvalue weighted by molar-refractivity contribution is -0.131. The first kappa shape index (κ1) is 24.6. The Morgan fingerprint density at radius 2 is 2.00 bits per heavy atom. The number of carbonyl (C=O) groups excluding carboxylic acids is 1. The highest BCUT2D eigenvalue weighted by Gasteiger charge is 2.23. The minimum atomic E-state index is 0. The van der Waals surface area contributed by atoms with Crippen LogP contribution in [0.4, 0.5) is 5.82 Å². The number of likely N-dealkylation sites (tertiary alicyclic amines) is 1. The number of hydrogen-bond acceptors (Lipinski definition) is 5. The number of guanidine groups is 1. The fraction of sp³-hybridized carbons (Fsp3) is 0.667. The fourth-order valence-corrected chi connectivity index (χ4v) is 4.15. The van der Waals surface area contributed by atoms with Gasteiger partial charge in [0.1, 0.15) is 5.82 Å². The molecule has 0 aliphatic carbocycles. The van der Waals surface area contributed by atoms with Gasteiger partial charge in [-0.2, -0.15) is 0 Å². The lowest BCUT2D eigenvalue weighted by Crippen LogP contribution is -2.50. The molecule has 1 unspecified atom stereocenters. The van der Waals surface area contributed by atoms with Crippen LogP contribution in [-0.4, -0.2) is 92.1 Å². The first-order chi connectivity index (χ1) is 14.2. The summed E-state index contributed by atoms with van der Waals surface area (Å²) in [7, 11) is 1.78. The third-order valence-electron chi connectivity index (χ3n) is 5.87. The van der Waals surface area contributed by atoms with Crippen LogP contribution in [0.25, 0.3) is 0 Å². The maximum Gasteiger partial charge on any atom is 0.224 e. The molecule has 2 aliphatic heterocycles. The summed E-state index contributed by atoms with van der Waals surface area (Å²) in [5.41, 5.74) is 0. The summed E-state index contributed by atoms with van der Waals surface area (Å²) in [4.78, 5) is 27.9. The molecule has 3 rings (SSSR count). The SMILES string of the molecule is CCN1CCCC1CNC(=NC)NCCC(=O)N1CCN(c2ccccn2)CC1.I. The summed E-state index contributed by atoms with van der Waals surface area (Å²) in [6, 6.07) is 6.52. The molecule has 3 heterocycles. The van der Waals surface area contributed by atoms with Crippen LogP contribution < -0.4 is 15.5 Å². The van der Waals surface area contributed by atoms with Gasteiger partial charge in [0.2, 0.25) is 5.91 Å². The molecule has 0 spiro atoms. The maximum absolute atomic E-state index is 12.5. The van der Waals surface area contributed by atoms with E-state index in [0.717, 1.165) is 51.0 Å². The summed E-state index contributed by atoms with van der Waals surface area (Å²) in [6.07, 6.45) is 4.80. The first-order valence-electron chi connectivity index (χ1n) is 10.8. The first-order valence-corrected chi connectivity index (χ1v) is 10.8. The van der Waals surface area contributed by atoms with Gasteiger partial charge < -0.3 is 20.4 Å². The van der Waals surface area contributed by atoms with Crippen molar-refractivity contribution < 1.29 is 4.79 Å². The molecule has 1 aromatic heterocycles. The molecule has 2 aliphatic rings. The molecule has 0 radical (unpaired) electrons. The van der Waals surface area contributed by atoms with Gasteiger partial charge in [-0.25, -0.2) is 4.98 Å². The smallest absolute Gasteiger partial charge is 0.224 e. The van der Waals surface area contributed by atoms with E-state index >= 15 is 0 Å². The van der Waals surface area contributed by atoms with E-state index in [4.69, 9.17) is 0 Å². The maximum atomic E-state index is 12.5. The van der Waals surface area contributed by atoms with Crippen molar-refractivity contribution in [2.24, 2.45) is 4.99 Å². The minimum Gasteiger partial charge on any atom is -0.356 e. The zero-order chi connectivity index (χ0) is 20.5. The summed E-state index contributed by atoms with van der Waals surface area (Å²) in [5.74, 6) is 1.96. The number of rotatable bonds is 7. The standard InChI is InChI=1S/C21H35N7O.HI/c1-3-26-12-6-7-18(26)17-25-21(22-2)24-11-9-20(29)28-15-13-27(14-16-28)19-8-4-5-10-23-19;/h4-5,8,10,18H,3,6-7,9,11-17H2,1-2H3,(H2,22,24,25);1H. The van der Waals surface area contributed by atoms with Gasteiger partial charge in [0.05, 0.1) is 0 Å². The number of aliphatic imine (C=N–C) groups is 1. The Hall–Kier alpha value is -1.62. The minimum absolute atomic E-state index is 0. The molecule has 30 heavy (non-hydrogen) atoms. The van der Waals surface area contributed by atoms with Crippen molar-refractivity contribution in [2.45, 2.75) is 32.2 Å². The zero-order valence-electron chi connectivity index (χ0n) is 18.2. The van der Waals surface area contributed by atoms with Crippen LogP contribution in [0, 0.1) is 0 Å². The van der Waals surface area contributed by atoms with Crippen molar-refractivity contribution in [1.29, 1.82) is 0 Å². The lowest BCUT2D eigenvalue weighted by Gasteiger charge is -2.35. The molecule has 1 aromatic rings. The van der Waals surface area contributed by atoms with E-state index in [1.54, 1.807) is 7.05 Å². The number of hydrogen-bond donors (Lipinski definition) is 2. The second-order valence-corrected chi connectivity index (χ2v) is 7.61. The van der Waals surface area contributed by atoms with Crippen LogP contribution in [0.3, 0.4) is 0 Å². The molecule has 1 amide bonds. The highest BCUT2D eigenvalue weighted by Crippen LogP contribution is 2.15. The predicted octanol–water partition coefficient (Wildman–Crippen LogP) is 1.39. The third kappa shape index (κ3) is 6.97. The van der Waals surface area contributed by atoms with Crippen LogP contribution in [0.1, 0.15) is 26.2 Å². The Kier molecular flexibility index (Phi) is 10.6. The summed E-state index contributed by atoms with van der Waals surface area (Å²) < 4.78 is 0. The normalized spacial score (nSPS) is 20.1. The largest absolute Gasteiger partial charge is 0.356 e. The van der Waals surface area contributed by atoms with Gasteiger partial charge in [-0.15, -0.1) is 24.0 Å². The van der Waals surface area contributed by atoms with E-state index in [0.29, 0.717) is 19.0 Å². The molecule has 0 saturated carbocycles. The molecule has 2 N–H and O–H groups in total. The number of aromatic nitrogens is 1. The van der Waals surface area contributed by atoms with Gasteiger partial charge in [-0.3, -0.25) is 14.7 Å². The van der Waals surface area contributed by atoms with Crippen molar-refractivity contribution in [3.8, 4) is 0 Å². The van der Waals surface area contributed by atoms with Crippen molar-refractivity contribution in [3.63, 3.8) is 0 Å². The Bertz CT molecular complexity index is 665. The van der Waals surface area contributed by atoms with Crippen molar-refractivity contribution >= 4 is 41.7 Å². The molecule has 0 aromatic carbocycles. The second-order valence-electron chi connectivity index (χ2n) is 7.61. The fourth-order valence-electron chi connectivity index (χ4n) is 4.15. The van der Waals surface area contributed by atoms with Gasteiger partial charge in [-0.05, 0) is 38.1 Å². The van der Waals surface area contributed by atoms with Gasteiger partial charge in [0, 0.05) is 65.0 Å². The third-order valence-corrected chi connectivity index (χ3v) is 5.87. The van der Waals surface area contributed by atoms with Gasteiger partial charge in [0.25, 0.3) is 0 Å². The number of amides is 1. The molecule has 0 bridgehead atoms. The van der Waals surface area contributed by atoms with Gasteiger partial charge in [0.15, 0.2) is 5.96 Å². The summed E-state index contributed by atoms with van der Waals surface area (Å²) in [5, 5.41) is 6.69. The Morgan fingerprint density at radius 1 is 1.20 bits per heavy atom. The molecular formula is C21H36IN7O. The van der Waals surface area contributed by atoms with Crippen molar-refractivity contribution in [2.75, 3.05) is 64.3 Å². The number of nitrogens with one attached hydrogen (secondary N) is 2. The monoisotopic (exact) mass is 529 g/mol. The van der Waals surface area contributed by atoms with Crippen molar-refractivity contribution in [3.05, 3.63) is 24.4 Å². The summed E-state index contributed by atoms with van der Waals surface area (Å²) >= 11 is 0. The predicted molar refractivity (Wildman–Crippen MR) is 133 cm³/mol. The number of piperazine rings is 1. The zero-order valence-corrected chi connectivity index (χ0v) is 20.5. The average Bonchev–Trinajstić information content (AvgIpc) is 3.24. The molecule has 168 valence electrons. The number of anilines is 1. The van der Waals surface area contributed by atoms with Crippen LogP contribution >= 0.6 is 24.0 Å². The van der Waals surface area contributed by atoms with Crippen LogP contribution in [0.2, 0.25) is 0 Å². The van der Waals surface area contributed by atoms with E-state index < -0.39 is 0 Å². The Morgan fingerprint density at radius 3 is 2.67 bits per heavy atom. The number of halogens is 1. The van der Waals surface area contributed by atoms with E-state index in [2.05, 4.69) is 37.3 Å². The van der Waals surface area contributed by atoms with Gasteiger partial charge >= 0.3 is 0 Å². The Balaban J connectivity index is 0.00000320. The van der Waals surface area contributed by atoms with E-state index in [9.17, 15) is 4.79 Å². The molecule has 2 fully saturated rings. The van der Waals surface area contributed by atoms with E-state index in [-0.39, 0.29) is 29.9 Å². The highest BCUT2D eigenvalue weighted by atomic mass is 127. The van der Waals surface area contributed by atoms with Crippen LogP contribution in [0.15, 0.2) is 29.4 Å². The van der Waals surface area contributed by atoms with Gasteiger partial charge in [-0.1, -0.05) is 13.0 Å². The number of pyridine rings is 1.